The van der Waals surface area contributed by atoms with Crippen LogP contribution in [0.4, 0.5) is 0 Å². The predicted octanol–water partition coefficient (Wildman–Crippen LogP) is 2.65. The minimum atomic E-state index is 0.0207. The SMILES string of the molecule is CCCCCCCCOCCOCCOCCOCCOCCOCCOCCOCCOCCOCCOCCOCCOCCOCCOCCOCCOCCOCCOCCO. The summed E-state index contributed by atoms with van der Waals surface area (Å²) in [5.41, 5.74) is 0. The van der Waals surface area contributed by atoms with Crippen molar-refractivity contribution in [3.63, 3.8) is 0 Å². The Hall–Kier alpha value is -0.800. The van der Waals surface area contributed by atoms with E-state index in [9.17, 15) is 0 Å². The molecule has 66 heavy (non-hydrogen) atoms. The normalized spacial score (nSPS) is 11.7. The lowest BCUT2D eigenvalue weighted by atomic mass is 10.1. The maximum atomic E-state index is 8.60. The number of aliphatic hydroxyl groups excluding tert-OH is 1. The first-order valence-corrected chi connectivity index (χ1v) is 24.5. The molecule has 0 bridgehead atoms. The molecule has 0 spiro atoms. The summed E-state index contributed by atoms with van der Waals surface area (Å²) < 4.78 is 104. The van der Waals surface area contributed by atoms with E-state index in [1.165, 1.54) is 32.1 Å². The van der Waals surface area contributed by atoms with Crippen molar-refractivity contribution in [3.05, 3.63) is 0 Å². The first kappa shape index (κ1) is 65.2. The van der Waals surface area contributed by atoms with Crippen molar-refractivity contribution in [2.45, 2.75) is 45.4 Å². The Kier molecular flexibility index (Phi) is 63.4. The lowest BCUT2D eigenvalue weighted by Gasteiger charge is -2.09. The van der Waals surface area contributed by atoms with Crippen molar-refractivity contribution >= 4 is 0 Å². The second kappa shape index (κ2) is 64.2. The third kappa shape index (κ3) is 63.2. The van der Waals surface area contributed by atoms with Gasteiger partial charge in [-0.1, -0.05) is 39.0 Å². The molecule has 0 heterocycles. The first-order chi connectivity index (χ1) is 32.9. The van der Waals surface area contributed by atoms with E-state index in [1.807, 2.05) is 0 Å². The maximum Gasteiger partial charge on any atom is 0.0701 e. The average molecular weight is 967 g/mol. The maximum absolute atomic E-state index is 8.60. The van der Waals surface area contributed by atoms with Crippen LogP contribution in [0.2, 0.25) is 0 Å². The fraction of sp³-hybridized carbons (Fsp3) is 1.00. The van der Waals surface area contributed by atoms with Gasteiger partial charge in [0.1, 0.15) is 0 Å². The summed E-state index contributed by atoms with van der Waals surface area (Å²) in [7, 11) is 0. The van der Waals surface area contributed by atoms with Crippen LogP contribution in [0.15, 0.2) is 0 Å². The van der Waals surface area contributed by atoms with Crippen LogP contribution in [0.3, 0.4) is 0 Å². The second-order valence-corrected chi connectivity index (χ2v) is 14.1. The summed E-state index contributed by atoms with van der Waals surface area (Å²) in [5, 5.41) is 8.60. The van der Waals surface area contributed by atoms with E-state index in [0.717, 1.165) is 13.0 Å². The monoisotopic (exact) mass is 967 g/mol. The Balaban J connectivity index is 3.06. The molecule has 0 radical (unpaired) electrons. The molecule has 0 aliphatic carbocycles. The molecule has 1 N–H and O–H groups in total. The fourth-order valence-corrected chi connectivity index (χ4v) is 5.11. The van der Waals surface area contributed by atoms with E-state index < -0.39 is 0 Å². The van der Waals surface area contributed by atoms with E-state index >= 15 is 0 Å². The number of rotatable bonds is 63. The summed E-state index contributed by atoms with van der Waals surface area (Å²) in [6.07, 6.45) is 7.65. The van der Waals surface area contributed by atoms with Gasteiger partial charge in [-0.15, -0.1) is 0 Å². The van der Waals surface area contributed by atoms with Gasteiger partial charge in [0, 0.05) is 6.61 Å². The number of hydrogen-bond acceptors (Lipinski definition) is 20. The number of hydrogen-bond donors (Lipinski definition) is 1. The van der Waals surface area contributed by atoms with E-state index in [1.54, 1.807) is 0 Å². The molecule has 0 aliphatic heterocycles. The molecule has 0 rings (SSSR count). The molecule has 0 aromatic heterocycles. The first-order valence-electron chi connectivity index (χ1n) is 24.5. The number of ether oxygens (including phenoxy) is 19. The lowest BCUT2D eigenvalue weighted by molar-refractivity contribution is -0.0313. The highest BCUT2D eigenvalue weighted by Gasteiger charge is 1.99. The van der Waals surface area contributed by atoms with E-state index in [2.05, 4.69) is 6.92 Å². The molecule has 0 aliphatic rings. The average Bonchev–Trinajstić information content (AvgIpc) is 3.33. The molecule has 20 nitrogen and oxygen atoms in total. The molecule has 0 saturated heterocycles. The quantitative estimate of drug-likeness (QED) is 0.0874. The highest BCUT2D eigenvalue weighted by Crippen LogP contribution is 2.04. The van der Waals surface area contributed by atoms with Gasteiger partial charge in [0.25, 0.3) is 0 Å². The minimum Gasteiger partial charge on any atom is -0.394 e. The smallest absolute Gasteiger partial charge is 0.0701 e. The van der Waals surface area contributed by atoms with Crippen molar-refractivity contribution in [1.82, 2.24) is 0 Å². The van der Waals surface area contributed by atoms with Crippen molar-refractivity contribution in [2.24, 2.45) is 0 Å². The summed E-state index contributed by atoms with van der Waals surface area (Å²) in [5.74, 6) is 0. The topological polar surface area (TPSA) is 196 Å². The highest BCUT2D eigenvalue weighted by molar-refractivity contribution is 4.45. The highest BCUT2D eigenvalue weighted by atomic mass is 16.6. The molecule has 0 fully saturated rings. The molecular formula is C46H94O20. The van der Waals surface area contributed by atoms with E-state index in [0.29, 0.717) is 244 Å². The molecule has 398 valence electrons. The van der Waals surface area contributed by atoms with Crippen LogP contribution in [-0.2, 0) is 90.0 Å². The standard InChI is InChI=1S/C46H94O20/c1-2-3-4-5-6-7-9-48-11-13-50-15-17-52-19-21-54-23-25-56-27-29-58-31-33-60-35-37-62-39-41-64-43-45-66-46-44-65-42-40-63-38-36-61-34-32-59-30-28-57-26-24-55-22-20-53-18-16-51-14-12-49-10-8-47/h47H,2-46H2,1H3. The minimum absolute atomic E-state index is 0.0207. The van der Waals surface area contributed by atoms with Crippen LogP contribution in [0.1, 0.15) is 45.4 Å². The molecule has 0 saturated carbocycles. The van der Waals surface area contributed by atoms with Gasteiger partial charge in [0.05, 0.1) is 251 Å². The van der Waals surface area contributed by atoms with E-state index in [4.69, 9.17) is 95.1 Å². The Morgan fingerprint density at radius 3 is 0.470 bits per heavy atom. The summed E-state index contributed by atoms with van der Waals surface area (Å²) in [4.78, 5) is 0. The van der Waals surface area contributed by atoms with Gasteiger partial charge in [-0.05, 0) is 6.42 Å². The predicted molar refractivity (Wildman–Crippen MR) is 246 cm³/mol. The molecule has 20 heteroatoms. The molecule has 0 unspecified atom stereocenters. The lowest BCUT2D eigenvalue weighted by Crippen LogP contribution is -2.16. The Morgan fingerprint density at radius 2 is 0.303 bits per heavy atom. The molecule has 0 aromatic carbocycles. The van der Waals surface area contributed by atoms with Crippen LogP contribution in [0.25, 0.3) is 0 Å². The van der Waals surface area contributed by atoms with Gasteiger partial charge in [0.2, 0.25) is 0 Å². The Morgan fingerprint density at radius 1 is 0.167 bits per heavy atom. The van der Waals surface area contributed by atoms with Gasteiger partial charge in [-0.3, -0.25) is 0 Å². The molecule has 0 amide bonds. The third-order valence-corrected chi connectivity index (χ3v) is 8.57. The van der Waals surface area contributed by atoms with Gasteiger partial charge in [0.15, 0.2) is 0 Å². The number of unbranched alkanes of at least 4 members (excludes halogenated alkanes) is 5. The van der Waals surface area contributed by atoms with Gasteiger partial charge in [-0.25, -0.2) is 0 Å². The Bertz CT molecular complexity index is 762. The van der Waals surface area contributed by atoms with Crippen molar-refractivity contribution < 1.29 is 95.1 Å². The van der Waals surface area contributed by atoms with Gasteiger partial charge >= 0.3 is 0 Å². The zero-order valence-corrected chi connectivity index (χ0v) is 41.0. The number of aliphatic hydroxyl groups is 1. The summed E-state index contributed by atoms with van der Waals surface area (Å²) in [6, 6.07) is 0. The summed E-state index contributed by atoms with van der Waals surface area (Å²) >= 11 is 0. The van der Waals surface area contributed by atoms with Crippen LogP contribution in [0, 0.1) is 0 Å². The van der Waals surface area contributed by atoms with Crippen molar-refractivity contribution in [3.8, 4) is 0 Å². The third-order valence-electron chi connectivity index (χ3n) is 8.57. The zero-order chi connectivity index (χ0) is 47.3. The molecular weight excluding hydrogens is 872 g/mol. The van der Waals surface area contributed by atoms with Crippen LogP contribution >= 0.6 is 0 Å². The fourth-order valence-electron chi connectivity index (χ4n) is 5.11. The Labute approximate surface area is 397 Å². The van der Waals surface area contributed by atoms with Crippen molar-refractivity contribution in [2.75, 3.05) is 258 Å². The van der Waals surface area contributed by atoms with Gasteiger partial charge in [-0.2, -0.15) is 0 Å². The van der Waals surface area contributed by atoms with Crippen LogP contribution < -0.4 is 0 Å². The summed E-state index contributed by atoms with van der Waals surface area (Å²) in [6.45, 7) is 21.7. The van der Waals surface area contributed by atoms with Crippen LogP contribution in [0.5, 0.6) is 0 Å². The zero-order valence-electron chi connectivity index (χ0n) is 41.0. The largest absolute Gasteiger partial charge is 0.394 e. The van der Waals surface area contributed by atoms with E-state index in [-0.39, 0.29) is 6.61 Å². The van der Waals surface area contributed by atoms with Crippen LogP contribution in [-0.4, -0.2) is 263 Å². The van der Waals surface area contributed by atoms with Crippen molar-refractivity contribution in [1.29, 1.82) is 0 Å². The molecule has 0 aromatic rings. The molecule has 0 atom stereocenters. The van der Waals surface area contributed by atoms with Gasteiger partial charge < -0.3 is 95.1 Å². The second-order valence-electron chi connectivity index (χ2n) is 14.1.